The smallest absolute Gasteiger partial charge is 0.311 e. The van der Waals surface area contributed by atoms with Crippen LogP contribution in [-0.2, 0) is 30.3 Å². The van der Waals surface area contributed by atoms with Crippen LogP contribution in [0.1, 0.15) is 71.8 Å². The summed E-state index contributed by atoms with van der Waals surface area (Å²) in [5.41, 5.74) is 0.532. The molecule has 204 valence electrons. The highest BCUT2D eigenvalue weighted by Crippen LogP contribution is 2.66. The van der Waals surface area contributed by atoms with E-state index in [2.05, 4.69) is 19.9 Å². The van der Waals surface area contributed by atoms with E-state index in [0.717, 1.165) is 67.9 Å². The van der Waals surface area contributed by atoms with Gasteiger partial charge in [0.1, 0.15) is 11.5 Å². The second-order valence-corrected chi connectivity index (χ2v) is 11.9. The van der Waals surface area contributed by atoms with Crippen molar-refractivity contribution in [3.63, 3.8) is 0 Å². The summed E-state index contributed by atoms with van der Waals surface area (Å²) < 4.78 is 22.3. The minimum absolute atomic E-state index is 0.0157. The Kier molecular flexibility index (Phi) is 6.79. The molecule has 1 unspecified atom stereocenters. The lowest BCUT2D eigenvalue weighted by Gasteiger charge is -2.58. The molecule has 1 saturated heterocycles. The van der Waals surface area contributed by atoms with Crippen molar-refractivity contribution in [1.29, 1.82) is 0 Å². The van der Waals surface area contributed by atoms with E-state index in [4.69, 9.17) is 18.9 Å². The van der Waals surface area contributed by atoms with Gasteiger partial charge < -0.3 is 18.9 Å². The van der Waals surface area contributed by atoms with Crippen molar-refractivity contribution in [3.05, 3.63) is 35.9 Å². The molecule has 0 radical (unpaired) electrons. The standard InChI is InChI=1S/C31H38O7/c1-19(32)37-24-10-11-25(38-20(2)33)23-17-21(7-9-22(23)24)8-12-27-29(3)14-6-15-30(4,28(34)35-5)26(29)13-16-31(27)18-36-31/h7,9-11,17,26-27H,6,8,12-16,18H2,1-5H3/t26?,27-,29+,30+,31+/m1/s1. The molecule has 2 aliphatic carbocycles. The number of hydrogen-bond donors (Lipinski definition) is 0. The predicted molar refractivity (Wildman–Crippen MR) is 142 cm³/mol. The van der Waals surface area contributed by atoms with Gasteiger partial charge in [-0.1, -0.05) is 25.5 Å². The largest absolute Gasteiger partial charge is 0.469 e. The zero-order valence-corrected chi connectivity index (χ0v) is 23.1. The highest BCUT2D eigenvalue weighted by molar-refractivity contribution is 5.96. The van der Waals surface area contributed by atoms with Crippen LogP contribution in [-0.4, -0.2) is 37.2 Å². The molecule has 7 heteroatoms. The second kappa shape index (κ2) is 9.67. The van der Waals surface area contributed by atoms with E-state index < -0.39 is 17.4 Å². The molecule has 0 bridgehead atoms. The molecule has 0 amide bonds. The van der Waals surface area contributed by atoms with Crippen molar-refractivity contribution in [1.82, 2.24) is 0 Å². The van der Waals surface area contributed by atoms with E-state index >= 15 is 0 Å². The van der Waals surface area contributed by atoms with Crippen LogP contribution < -0.4 is 9.47 Å². The van der Waals surface area contributed by atoms with Crippen molar-refractivity contribution in [3.8, 4) is 11.5 Å². The van der Waals surface area contributed by atoms with Gasteiger partial charge in [-0.2, -0.15) is 0 Å². The van der Waals surface area contributed by atoms with Gasteiger partial charge in [0, 0.05) is 24.6 Å². The number of aryl methyl sites for hydroxylation is 1. The monoisotopic (exact) mass is 522 g/mol. The summed E-state index contributed by atoms with van der Waals surface area (Å²) in [5.74, 6) is 0.568. The zero-order valence-electron chi connectivity index (χ0n) is 23.1. The second-order valence-electron chi connectivity index (χ2n) is 11.9. The van der Waals surface area contributed by atoms with Gasteiger partial charge in [-0.25, -0.2) is 0 Å². The SMILES string of the molecule is COC(=O)[C@@]1(C)CCC[C@@]2(C)C1CC[C@]1(CO1)[C@@H]2CCc1ccc2c(OC(C)=O)ccc(OC(C)=O)c2c1. The molecule has 38 heavy (non-hydrogen) atoms. The third kappa shape index (κ3) is 4.49. The Hall–Kier alpha value is -2.93. The summed E-state index contributed by atoms with van der Waals surface area (Å²) in [6.45, 7) is 8.00. The zero-order chi connectivity index (χ0) is 27.3. The van der Waals surface area contributed by atoms with E-state index in [1.807, 2.05) is 12.1 Å². The van der Waals surface area contributed by atoms with Gasteiger partial charge in [0.05, 0.1) is 24.7 Å². The maximum Gasteiger partial charge on any atom is 0.311 e. The Morgan fingerprint density at radius 3 is 2.21 bits per heavy atom. The predicted octanol–water partition coefficient (Wildman–Crippen LogP) is 5.79. The molecular weight excluding hydrogens is 484 g/mol. The van der Waals surface area contributed by atoms with Crippen LogP contribution in [0.25, 0.3) is 10.8 Å². The number of fused-ring (bicyclic) bond motifs is 2. The van der Waals surface area contributed by atoms with Crippen LogP contribution in [0.5, 0.6) is 11.5 Å². The molecule has 3 fully saturated rings. The average molecular weight is 523 g/mol. The lowest BCUT2D eigenvalue weighted by molar-refractivity contribution is -0.174. The number of hydrogen-bond acceptors (Lipinski definition) is 7. The first-order valence-electron chi connectivity index (χ1n) is 13.7. The molecule has 2 saturated carbocycles. The van der Waals surface area contributed by atoms with E-state index in [1.54, 1.807) is 12.1 Å². The van der Waals surface area contributed by atoms with Crippen molar-refractivity contribution in [2.45, 2.75) is 78.2 Å². The molecule has 3 aliphatic rings. The summed E-state index contributed by atoms with van der Waals surface area (Å²) >= 11 is 0. The van der Waals surface area contributed by atoms with Gasteiger partial charge in [-0.15, -0.1) is 0 Å². The fourth-order valence-electron chi connectivity index (χ4n) is 7.95. The molecule has 5 atom stereocenters. The molecule has 7 nitrogen and oxygen atoms in total. The normalized spacial score (nSPS) is 31.9. The quantitative estimate of drug-likeness (QED) is 0.269. The van der Waals surface area contributed by atoms with Gasteiger partial charge in [0.15, 0.2) is 0 Å². The van der Waals surface area contributed by atoms with Crippen LogP contribution in [0.4, 0.5) is 0 Å². The summed E-state index contributed by atoms with van der Waals surface area (Å²) in [7, 11) is 1.50. The van der Waals surface area contributed by atoms with Crippen LogP contribution in [0.2, 0.25) is 0 Å². The van der Waals surface area contributed by atoms with Crippen molar-refractivity contribution >= 4 is 28.7 Å². The van der Waals surface area contributed by atoms with Crippen LogP contribution >= 0.6 is 0 Å². The van der Waals surface area contributed by atoms with Gasteiger partial charge in [-0.05, 0) is 86.5 Å². The van der Waals surface area contributed by atoms with Crippen molar-refractivity contribution in [2.75, 3.05) is 13.7 Å². The van der Waals surface area contributed by atoms with E-state index in [-0.39, 0.29) is 22.9 Å². The summed E-state index contributed by atoms with van der Waals surface area (Å²) in [6, 6.07) is 9.33. The van der Waals surface area contributed by atoms with Crippen LogP contribution in [0.3, 0.4) is 0 Å². The number of carbonyl (C=O) groups is 3. The highest BCUT2D eigenvalue weighted by Gasteiger charge is 2.66. The maximum absolute atomic E-state index is 13.0. The van der Waals surface area contributed by atoms with E-state index in [0.29, 0.717) is 17.4 Å². The minimum Gasteiger partial charge on any atom is -0.469 e. The maximum atomic E-state index is 13.0. The number of benzene rings is 2. The summed E-state index contributed by atoms with van der Waals surface area (Å²) in [5, 5.41) is 1.45. The topological polar surface area (TPSA) is 91.4 Å². The van der Waals surface area contributed by atoms with Crippen molar-refractivity contribution < 1.29 is 33.3 Å². The van der Waals surface area contributed by atoms with Gasteiger partial charge in [0.2, 0.25) is 0 Å². The lowest BCUT2D eigenvalue weighted by atomic mass is 9.45. The number of rotatable bonds is 6. The van der Waals surface area contributed by atoms with Gasteiger partial charge >= 0.3 is 17.9 Å². The average Bonchev–Trinajstić information content (AvgIpc) is 3.63. The molecule has 1 spiro atoms. The Bertz CT molecular complexity index is 1280. The molecule has 1 heterocycles. The molecular formula is C31H38O7. The first-order valence-corrected chi connectivity index (χ1v) is 13.7. The molecule has 1 aliphatic heterocycles. The number of epoxide rings is 1. The molecule has 5 rings (SSSR count). The van der Waals surface area contributed by atoms with Gasteiger partial charge in [-0.3, -0.25) is 14.4 Å². The highest BCUT2D eigenvalue weighted by atomic mass is 16.6. The number of esters is 3. The third-order valence-corrected chi connectivity index (χ3v) is 9.66. The molecule has 2 aromatic rings. The van der Waals surface area contributed by atoms with E-state index in [9.17, 15) is 14.4 Å². The first-order chi connectivity index (χ1) is 18.0. The Morgan fingerprint density at radius 2 is 1.61 bits per heavy atom. The summed E-state index contributed by atoms with van der Waals surface area (Å²) in [4.78, 5) is 36.3. The fourth-order valence-corrected chi connectivity index (χ4v) is 7.95. The van der Waals surface area contributed by atoms with Crippen LogP contribution in [0, 0.1) is 22.7 Å². The fraction of sp³-hybridized carbons (Fsp3) is 0.581. The lowest BCUT2D eigenvalue weighted by Crippen LogP contribution is -2.57. The Balaban J connectivity index is 1.45. The number of ether oxygens (including phenoxy) is 4. The summed E-state index contributed by atoms with van der Waals surface area (Å²) in [6.07, 6.45) is 6.67. The third-order valence-electron chi connectivity index (χ3n) is 9.66. The van der Waals surface area contributed by atoms with E-state index in [1.165, 1.54) is 21.0 Å². The molecule has 0 aromatic heterocycles. The van der Waals surface area contributed by atoms with Gasteiger partial charge in [0.25, 0.3) is 0 Å². The molecule has 2 aromatic carbocycles. The number of carbonyl (C=O) groups excluding carboxylic acids is 3. The first kappa shape index (κ1) is 26.7. The number of methoxy groups -OCH3 is 1. The van der Waals surface area contributed by atoms with Crippen molar-refractivity contribution in [2.24, 2.45) is 22.7 Å². The molecule has 0 N–H and O–H groups in total. The Morgan fingerprint density at radius 1 is 0.947 bits per heavy atom. The minimum atomic E-state index is -0.467. The Labute approximate surface area is 224 Å². The van der Waals surface area contributed by atoms with Crippen LogP contribution in [0.15, 0.2) is 30.3 Å².